The number of morpholine rings is 1. The second-order valence-electron chi connectivity index (χ2n) is 6.01. The highest BCUT2D eigenvalue weighted by Crippen LogP contribution is 2.15. The monoisotopic (exact) mass is 331 g/mol. The summed E-state index contributed by atoms with van der Waals surface area (Å²) in [4.78, 5) is 6.84. The standard InChI is InChI=1S/C18H25N3OS/c1-2-17(19-10-16-13-23-14-20-16)18-12-21(8-9-22-18)11-15-6-4-3-5-7-15/h3-7,13-14,17-19H,2,8-12H2,1H3/t17-,18-/m0/s1. The van der Waals surface area contributed by atoms with Crippen molar-refractivity contribution >= 4 is 11.3 Å². The largest absolute Gasteiger partial charge is 0.374 e. The van der Waals surface area contributed by atoms with Crippen LogP contribution in [-0.4, -0.2) is 41.7 Å². The van der Waals surface area contributed by atoms with Crippen molar-refractivity contribution in [2.75, 3.05) is 19.7 Å². The molecule has 2 heterocycles. The molecule has 0 unspecified atom stereocenters. The molecule has 1 aliphatic heterocycles. The van der Waals surface area contributed by atoms with Gasteiger partial charge >= 0.3 is 0 Å². The molecule has 1 N–H and O–H groups in total. The molecule has 1 fully saturated rings. The molecule has 2 aromatic rings. The molecule has 1 aliphatic rings. The van der Waals surface area contributed by atoms with E-state index in [1.54, 1.807) is 11.3 Å². The van der Waals surface area contributed by atoms with Crippen LogP contribution in [0.15, 0.2) is 41.2 Å². The lowest BCUT2D eigenvalue weighted by Gasteiger charge is -2.37. The van der Waals surface area contributed by atoms with Gasteiger partial charge in [0.05, 0.1) is 23.9 Å². The molecule has 0 spiro atoms. The van der Waals surface area contributed by atoms with E-state index in [-0.39, 0.29) is 6.10 Å². The fourth-order valence-electron chi connectivity index (χ4n) is 3.06. The number of aromatic nitrogens is 1. The zero-order chi connectivity index (χ0) is 15.9. The number of hydrogen-bond acceptors (Lipinski definition) is 5. The van der Waals surface area contributed by atoms with E-state index in [1.807, 2.05) is 5.51 Å². The van der Waals surface area contributed by atoms with Crippen molar-refractivity contribution in [1.82, 2.24) is 15.2 Å². The number of nitrogens with zero attached hydrogens (tertiary/aromatic N) is 2. The lowest BCUT2D eigenvalue weighted by Crippen LogP contribution is -2.51. The molecule has 124 valence electrons. The maximum Gasteiger partial charge on any atom is 0.0855 e. The summed E-state index contributed by atoms with van der Waals surface area (Å²) in [6.07, 6.45) is 1.31. The predicted octanol–water partition coefficient (Wildman–Crippen LogP) is 2.91. The molecule has 3 rings (SSSR count). The number of thiazole rings is 1. The van der Waals surface area contributed by atoms with Crippen molar-refractivity contribution in [1.29, 1.82) is 0 Å². The van der Waals surface area contributed by atoms with Gasteiger partial charge in [-0.05, 0) is 12.0 Å². The summed E-state index contributed by atoms with van der Waals surface area (Å²) in [7, 11) is 0. The van der Waals surface area contributed by atoms with Crippen molar-refractivity contribution in [3.05, 3.63) is 52.5 Å². The Morgan fingerprint density at radius 2 is 2.26 bits per heavy atom. The minimum absolute atomic E-state index is 0.246. The smallest absolute Gasteiger partial charge is 0.0855 e. The third kappa shape index (κ3) is 4.85. The second-order valence-corrected chi connectivity index (χ2v) is 6.72. The number of rotatable bonds is 7. The topological polar surface area (TPSA) is 37.4 Å². The fraction of sp³-hybridized carbons (Fsp3) is 0.500. The molecule has 0 aliphatic carbocycles. The van der Waals surface area contributed by atoms with Gasteiger partial charge in [0.15, 0.2) is 0 Å². The summed E-state index contributed by atoms with van der Waals surface area (Å²) in [6, 6.07) is 11.1. The Bertz CT molecular complexity index is 561. The minimum atomic E-state index is 0.246. The van der Waals surface area contributed by atoms with Crippen LogP contribution in [0.25, 0.3) is 0 Å². The van der Waals surface area contributed by atoms with E-state index in [0.717, 1.165) is 44.9 Å². The first-order valence-corrected chi connectivity index (χ1v) is 9.27. The van der Waals surface area contributed by atoms with Crippen molar-refractivity contribution in [2.45, 2.75) is 38.6 Å². The average molecular weight is 331 g/mol. The molecule has 5 heteroatoms. The maximum absolute atomic E-state index is 6.05. The third-order valence-corrected chi connectivity index (χ3v) is 4.98. The van der Waals surface area contributed by atoms with Crippen LogP contribution in [0.3, 0.4) is 0 Å². The molecule has 2 atom stereocenters. The van der Waals surface area contributed by atoms with Crippen LogP contribution in [0.2, 0.25) is 0 Å². The molecule has 0 radical (unpaired) electrons. The molecule has 1 saturated heterocycles. The first-order valence-electron chi connectivity index (χ1n) is 8.33. The molecule has 1 aromatic heterocycles. The van der Waals surface area contributed by atoms with Gasteiger partial charge < -0.3 is 10.1 Å². The zero-order valence-corrected chi connectivity index (χ0v) is 14.5. The van der Waals surface area contributed by atoms with Gasteiger partial charge in [-0.15, -0.1) is 11.3 Å². The SMILES string of the molecule is CC[C@H](NCc1cscn1)[C@@H]1CN(Cc2ccccc2)CCO1. The highest BCUT2D eigenvalue weighted by molar-refractivity contribution is 7.07. The van der Waals surface area contributed by atoms with Gasteiger partial charge in [-0.25, -0.2) is 4.98 Å². The molecule has 0 saturated carbocycles. The molecule has 23 heavy (non-hydrogen) atoms. The van der Waals surface area contributed by atoms with Crippen LogP contribution < -0.4 is 5.32 Å². The summed E-state index contributed by atoms with van der Waals surface area (Å²) in [5.74, 6) is 0. The summed E-state index contributed by atoms with van der Waals surface area (Å²) in [5, 5.41) is 5.72. The molecule has 1 aromatic carbocycles. The lowest BCUT2D eigenvalue weighted by atomic mass is 10.1. The van der Waals surface area contributed by atoms with Gasteiger partial charge in [-0.3, -0.25) is 4.90 Å². The van der Waals surface area contributed by atoms with Crippen LogP contribution in [-0.2, 0) is 17.8 Å². The first kappa shape index (κ1) is 16.6. The Hall–Kier alpha value is -1.27. The Morgan fingerprint density at radius 1 is 1.39 bits per heavy atom. The van der Waals surface area contributed by atoms with Crippen molar-refractivity contribution in [2.24, 2.45) is 0 Å². The number of hydrogen-bond donors (Lipinski definition) is 1. The van der Waals surface area contributed by atoms with Crippen molar-refractivity contribution in [3.8, 4) is 0 Å². The van der Waals surface area contributed by atoms with E-state index >= 15 is 0 Å². The van der Waals surface area contributed by atoms with Gasteiger partial charge in [0.1, 0.15) is 0 Å². The second kappa shape index (κ2) is 8.55. The van der Waals surface area contributed by atoms with Gasteiger partial charge in [0, 0.05) is 37.6 Å². The Labute approximate surface area is 142 Å². The van der Waals surface area contributed by atoms with Crippen LogP contribution in [0.1, 0.15) is 24.6 Å². The Balaban J connectivity index is 1.53. The summed E-state index contributed by atoms with van der Waals surface area (Å²) in [6.45, 7) is 6.85. The van der Waals surface area contributed by atoms with Gasteiger partial charge in [-0.1, -0.05) is 37.3 Å². The summed E-state index contributed by atoms with van der Waals surface area (Å²) < 4.78 is 6.05. The van der Waals surface area contributed by atoms with Gasteiger partial charge in [-0.2, -0.15) is 0 Å². The molecule has 4 nitrogen and oxygen atoms in total. The van der Waals surface area contributed by atoms with Gasteiger partial charge in [0.2, 0.25) is 0 Å². The van der Waals surface area contributed by atoms with Crippen LogP contribution in [0.5, 0.6) is 0 Å². The maximum atomic E-state index is 6.05. The molecule has 0 bridgehead atoms. The normalized spacial score (nSPS) is 20.5. The number of benzene rings is 1. The lowest BCUT2D eigenvalue weighted by molar-refractivity contribution is -0.0499. The van der Waals surface area contributed by atoms with E-state index < -0.39 is 0 Å². The molecular weight excluding hydrogens is 306 g/mol. The highest BCUT2D eigenvalue weighted by Gasteiger charge is 2.27. The van der Waals surface area contributed by atoms with E-state index in [9.17, 15) is 0 Å². The third-order valence-electron chi connectivity index (χ3n) is 4.34. The number of ether oxygens (including phenoxy) is 1. The summed E-state index contributed by atoms with van der Waals surface area (Å²) >= 11 is 1.65. The Kier molecular flexibility index (Phi) is 6.16. The van der Waals surface area contributed by atoms with E-state index in [1.165, 1.54) is 5.56 Å². The average Bonchev–Trinajstić information content (AvgIpc) is 3.10. The van der Waals surface area contributed by atoms with E-state index in [4.69, 9.17) is 4.74 Å². The molecular formula is C18H25N3OS. The minimum Gasteiger partial charge on any atom is -0.374 e. The quantitative estimate of drug-likeness (QED) is 0.846. The zero-order valence-electron chi connectivity index (χ0n) is 13.6. The number of nitrogens with one attached hydrogen (secondary N) is 1. The Morgan fingerprint density at radius 3 is 3.00 bits per heavy atom. The van der Waals surface area contributed by atoms with Crippen molar-refractivity contribution < 1.29 is 4.74 Å². The van der Waals surface area contributed by atoms with E-state index in [2.05, 4.69) is 57.8 Å². The fourth-order valence-corrected chi connectivity index (χ4v) is 3.62. The summed E-state index contributed by atoms with van der Waals surface area (Å²) in [5.41, 5.74) is 4.37. The van der Waals surface area contributed by atoms with Gasteiger partial charge in [0.25, 0.3) is 0 Å². The van der Waals surface area contributed by atoms with Crippen LogP contribution in [0, 0.1) is 0 Å². The highest BCUT2D eigenvalue weighted by atomic mass is 32.1. The molecule has 0 amide bonds. The predicted molar refractivity (Wildman–Crippen MR) is 94.5 cm³/mol. The van der Waals surface area contributed by atoms with Crippen LogP contribution >= 0.6 is 11.3 Å². The van der Waals surface area contributed by atoms with E-state index in [0.29, 0.717) is 6.04 Å². The van der Waals surface area contributed by atoms with Crippen molar-refractivity contribution in [3.63, 3.8) is 0 Å². The van der Waals surface area contributed by atoms with Crippen LogP contribution in [0.4, 0.5) is 0 Å². The first-order chi connectivity index (χ1) is 11.3.